The zero-order chi connectivity index (χ0) is 24.3. The number of rotatable bonds is 12. The Hall–Kier alpha value is -0.200. The lowest BCUT2D eigenvalue weighted by molar-refractivity contribution is -0.262. The van der Waals surface area contributed by atoms with Crippen molar-refractivity contribution in [1.82, 2.24) is 0 Å². The number of hydrogen-bond acceptors (Lipinski definition) is 5. The van der Waals surface area contributed by atoms with E-state index in [1.165, 1.54) is 96.3 Å². The van der Waals surface area contributed by atoms with Crippen LogP contribution in [-0.4, -0.2) is 62.1 Å². The molecule has 35 heavy (non-hydrogen) atoms. The van der Waals surface area contributed by atoms with Crippen LogP contribution in [0.5, 0.6) is 0 Å². The third kappa shape index (κ3) is 8.67. The Labute approximate surface area is 215 Å². The summed E-state index contributed by atoms with van der Waals surface area (Å²) in [7, 11) is 0. The van der Waals surface area contributed by atoms with Gasteiger partial charge < -0.3 is 24.1 Å². The van der Waals surface area contributed by atoms with Gasteiger partial charge in [0, 0.05) is 6.61 Å². The maximum Gasteiger partial charge on any atom is 0.115 e. The Balaban J connectivity index is 1.45. The fourth-order valence-corrected chi connectivity index (χ4v) is 7.05. The highest BCUT2D eigenvalue weighted by Crippen LogP contribution is 2.34. The van der Waals surface area contributed by atoms with Crippen LogP contribution < -0.4 is 0 Å². The maximum absolute atomic E-state index is 9.55. The Kier molecular flexibility index (Phi) is 12.1. The van der Waals surface area contributed by atoms with Crippen LogP contribution in [0, 0.1) is 17.8 Å². The van der Waals surface area contributed by atoms with E-state index in [1.807, 2.05) is 0 Å². The first-order valence-corrected chi connectivity index (χ1v) is 15.4. The second-order valence-corrected chi connectivity index (χ2v) is 12.2. The molecule has 4 aliphatic rings. The standard InChI is InChI=1S/C30H54O5/c1-23-28(32-20-24-12-5-2-6-13-24)30(34-22-26-16-9-4-10-17-26)29(27(35-23)18-11-19-31)33-21-25-14-7-3-8-15-25/h23-31H,2-22H2,1H3/t23-,27-,28+,29+,30+/m0/s1. The first-order chi connectivity index (χ1) is 17.2. The summed E-state index contributed by atoms with van der Waals surface area (Å²) in [5.41, 5.74) is 0. The Morgan fingerprint density at radius 3 is 1.49 bits per heavy atom. The van der Waals surface area contributed by atoms with Crippen molar-refractivity contribution in [1.29, 1.82) is 0 Å². The molecule has 3 saturated carbocycles. The molecule has 0 aromatic rings. The fourth-order valence-electron chi connectivity index (χ4n) is 7.05. The average Bonchev–Trinajstić information content (AvgIpc) is 2.91. The van der Waals surface area contributed by atoms with Gasteiger partial charge in [-0.25, -0.2) is 0 Å². The quantitative estimate of drug-likeness (QED) is 0.338. The van der Waals surface area contributed by atoms with E-state index >= 15 is 0 Å². The second kappa shape index (κ2) is 15.3. The first kappa shape index (κ1) is 27.8. The molecule has 1 N–H and O–H groups in total. The van der Waals surface area contributed by atoms with Crippen LogP contribution in [0.2, 0.25) is 0 Å². The van der Waals surface area contributed by atoms with Crippen molar-refractivity contribution < 1.29 is 24.1 Å². The summed E-state index contributed by atoms with van der Waals surface area (Å²) in [6.45, 7) is 4.79. The minimum atomic E-state index is -0.111. The van der Waals surface area contributed by atoms with E-state index < -0.39 is 0 Å². The summed E-state index contributed by atoms with van der Waals surface area (Å²) in [4.78, 5) is 0. The molecule has 1 saturated heterocycles. The number of hydrogen-bond donors (Lipinski definition) is 1. The lowest BCUT2D eigenvalue weighted by Crippen LogP contribution is -2.60. The Morgan fingerprint density at radius 1 is 0.600 bits per heavy atom. The van der Waals surface area contributed by atoms with Gasteiger partial charge in [0.05, 0.1) is 32.0 Å². The van der Waals surface area contributed by atoms with Crippen molar-refractivity contribution in [2.45, 2.75) is 147 Å². The topological polar surface area (TPSA) is 57.2 Å². The predicted octanol–water partition coefficient (Wildman–Crippen LogP) is 6.44. The molecule has 0 spiro atoms. The van der Waals surface area contributed by atoms with E-state index in [0.29, 0.717) is 17.8 Å². The highest BCUT2D eigenvalue weighted by Gasteiger charge is 2.47. The highest BCUT2D eigenvalue weighted by atomic mass is 16.6. The van der Waals surface area contributed by atoms with Crippen LogP contribution in [0.25, 0.3) is 0 Å². The summed E-state index contributed by atoms with van der Waals surface area (Å²) in [5.74, 6) is 1.99. The van der Waals surface area contributed by atoms with Gasteiger partial charge in [-0.3, -0.25) is 0 Å². The van der Waals surface area contributed by atoms with Crippen LogP contribution in [0.3, 0.4) is 0 Å². The maximum atomic E-state index is 9.55. The largest absolute Gasteiger partial charge is 0.396 e. The molecule has 0 bridgehead atoms. The minimum absolute atomic E-state index is 0.0202. The van der Waals surface area contributed by atoms with Gasteiger partial charge in [-0.05, 0) is 76.0 Å². The summed E-state index contributed by atoms with van der Waals surface area (Å²) >= 11 is 0. The van der Waals surface area contributed by atoms with Crippen molar-refractivity contribution in [3.8, 4) is 0 Å². The van der Waals surface area contributed by atoms with Gasteiger partial charge in [-0.1, -0.05) is 57.8 Å². The van der Waals surface area contributed by atoms with Gasteiger partial charge in [0.25, 0.3) is 0 Å². The minimum Gasteiger partial charge on any atom is -0.396 e. The molecule has 0 amide bonds. The number of aliphatic hydroxyl groups is 1. The molecule has 5 atom stereocenters. The lowest BCUT2D eigenvalue weighted by atomic mass is 9.88. The zero-order valence-electron chi connectivity index (χ0n) is 22.5. The Bertz CT molecular complexity index is 553. The molecule has 0 radical (unpaired) electrons. The van der Waals surface area contributed by atoms with Crippen molar-refractivity contribution >= 4 is 0 Å². The monoisotopic (exact) mass is 494 g/mol. The van der Waals surface area contributed by atoms with E-state index in [1.54, 1.807) is 0 Å². The van der Waals surface area contributed by atoms with E-state index in [-0.39, 0.29) is 37.1 Å². The third-order valence-corrected chi connectivity index (χ3v) is 9.26. The summed E-state index contributed by atoms with van der Waals surface area (Å²) < 4.78 is 26.8. The van der Waals surface area contributed by atoms with Gasteiger partial charge in [-0.2, -0.15) is 0 Å². The smallest absolute Gasteiger partial charge is 0.115 e. The molecular formula is C30H54O5. The van der Waals surface area contributed by atoms with E-state index in [4.69, 9.17) is 18.9 Å². The van der Waals surface area contributed by atoms with Gasteiger partial charge in [-0.15, -0.1) is 0 Å². The number of aliphatic hydroxyl groups excluding tert-OH is 1. The Morgan fingerprint density at radius 2 is 1.03 bits per heavy atom. The van der Waals surface area contributed by atoms with E-state index in [2.05, 4.69) is 6.92 Å². The van der Waals surface area contributed by atoms with Crippen LogP contribution in [0.1, 0.15) is 116 Å². The van der Waals surface area contributed by atoms with Crippen LogP contribution in [0.15, 0.2) is 0 Å². The molecule has 1 aliphatic heterocycles. The third-order valence-electron chi connectivity index (χ3n) is 9.26. The van der Waals surface area contributed by atoms with E-state index in [9.17, 15) is 5.11 Å². The normalized spacial score (nSPS) is 34.3. The molecule has 0 aromatic carbocycles. The molecule has 0 unspecified atom stereocenters. The molecule has 5 nitrogen and oxygen atoms in total. The van der Waals surface area contributed by atoms with Crippen LogP contribution in [0.4, 0.5) is 0 Å². The van der Waals surface area contributed by atoms with Crippen molar-refractivity contribution in [3.05, 3.63) is 0 Å². The van der Waals surface area contributed by atoms with Gasteiger partial charge in [0.1, 0.15) is 18.3 Å². The van der Waals surface area contributed by atoms with Gasteiger partial charge >= 0.3 is 0 Å². The zero-order valence-corrected chi connectivity index (χ0v) is 22.5. The second-order valence-electron chi connectivity index (χ2n) is 12.2. The average molecular weight is 495 g/mol. The summed E-state index contributed by atoms with van der Waals surface area (Å²) in [5, 5.41) is 9.55. The molecular weight excluding hydrogens is 440 g/mol. The molecule has 4 rings (SSSR count). The molecule has 3 aliphatic carbocycles. The van der Waals surface area contributed by atoms with Crippen LogP contribution in [-0.2, 0) is 18.9 Å². The fraction of sp³-hybridized carbons (Fsp3) is 1.00. The SMILES string of the molecule is C[C@@H]1O[C@@H](CCCO)[C@@H](OCC2CCCCC2)[C@H](OCC2CCCCC2)[C@@H]1OCC1CCCCC1. The summed E-state index contributed by atoms with van der Waals surface area (Å²) in [6, 6.07) is 0. The van der Waals surface area contributed by atoms with E-state index in [0.717, 1.165) is 32.7 Å². The first-order valence-electron chi connectivity index (χ1n) is 15.4. The summed E-state index contributed by atoms with van der Waals surface area (Å²) in [6.07, 6.45) is 21.0. The molecule has 204 valence electrons. The van der Waals surface area contributed by atoms with Gasteiger partial charge in [0.15, 0.2) is 0 Å². The predicted molar refractivity (Wildman–Crippen MR) is 140 cm³/mol. The van der Waals surface area contributed by atoms with Gasteiger partial charge in [0.2, 0.25) is 0 Å². The molecule has 5 heteroatoms. The highest BCUT2D eigenvalue weighted by molar-refractivity contribution is 4.95. The van der Waals surface area contributed by atoms with Crippen molar-refractivity contribution in [2.75, 3.05) is 26.4 Å². The van der Waals surface area contributed by atoms with Crippen LogP contribution >= 0.6 is 0 Å². The lowest BCUT2D eigenvalue weighted by Gasteiger charge is -2.46. The molecule has 0 aromatic heterocycles. The molecule has 4 fully saturated rings. The van der Waals surface area contributed by atoms with Crippen molar-refractivity contribution in [2.24, 2.45) is 17.8 Å². The molecule has 1 heterocycles. The number of ether oxygens (including phenoxy) is 4. The van der Waals surface area contributed by atoms with Crippen molar-refractivity contribution in [3.63, 3.8) is 0 Å².